The van der Waals surface area contributed by atoms with Crippen LogP contribution in [0.2, 0.25) is 10.0 Å². The Morgan fingerprint density at radius 1 is 1.43 bits per heavy atom. The Morgan fingerprint density at radius 3 is 2.87 bits per heavy atom. The molecule has 0 heterocycles. The van der Waals surface area contributed by atoms with E-state index >= 15 is 0 Å². The van der Waals surface area contributed by atoms with Gasteiger partial charge in [0.05, 0.1) is 23.4 Å². The fraction of sp³-hybridized carbons (Fsp3) is 0.400. The largest absolute Gasteiger partial charge is 0.755 e. The van der Waals surface area contributed by atoms with Crippen molar-refractivity contribution in [1.29, 1.82) is 0 Å². The zero-order chi connectivity index (χ0) is 16.8. The minimum Gasteiger partial charge on any atom is -0.755 e. The van der Waals surface area contributed by atoms with Crippen LogP contribution in [-0.2, 0) is 20.8 Å². The van der Waals surface area contributed by atoms with Crippen molar-refractivity contribution in [2.75, 3.05) is 10.9 Å². The molecule has 1 aliphatic rings. The van der Waals surface area contributed by atoms with Crippen LogP contribution in [0.25, 0.3) is 0 Å². The number of allylic oxidation sites excluding steroid dienone is 1. The molecule has 2 rings (SSSR count). The Labute approximate surface area is 147 Å². The molecule has 0 N–H and O–H groups in total. The van der Waals surface area contributed by atoms with Crippen LogP contribution in [0.5, 0.6) is 0 Å². The van der Waals surface area contributed by atoms with Gasteiger partial charge in [-0.05, 0) is 43.0 Å². The van der Waals surface area contributed by atoms with Crippen molar-refractivity contribution in [2.24, 2.45) is 0 Å². The molecule has 0 spiro atoms. The zero-order valence-corrected chi connectivity index (χ0v) is 14.6. The van der Waals surface area contributed by atoms with Gasteiger partial charge in [0.2, 0.25) is 0 Å². The lowest BCUT2D eigenvalue weighted by Gasteiger charge is -2.38. The molecule has 1 aliphatic carbocycles. The first-order valence-electron chi connectivity index (χ1n) is 7.12. The summed E-state index contributed by atoms with van der Waals surface area (Å²) in [5.41, 5.74) is 1.31. The molecule has 1 aromatic rings. The van der Waals surface area contributed by atoms with Crippen molar-refractivity contribution < 1.29 is 18.3 Å². The highest BCUT2D eigenvalue weighted by Gasteiger charge is 2.27. The monoisotopic (exact) mass is 376 g/mol. The maximum absolute atomic E-state index is 11.8. The minimum absolute atomic E-state index is 0.222. The van der Waals surface area contributed by atoms with E-state index < -0.39 is 11.3 Å². The smallest absolute Gasteiger partial charge is 0.293 e. The molecule has 0 aliphatic heterocycles. The average Bonchev–Trinajstić information content (AvgIpc) is 2.51. The lowest BCUT2D eigenvalue weighted by atomic mass is 9.92. The first-order chi connectivity index (χ1) is 11.0. The maximum atomic E-state index is 11.8. The van der Waals surface area contributed by atoms with E-state index in [0.29, 0.717) is 30.0 Å². The molecule has 2 atom stereocenters. The second-order valence-corrected chi connectivity index (χ2v) is 6.75. The van der Waals surface area contributed by atoms with Gasteiger partial charge in [0, 0.05) is 22.7 Å². The lowest BCUT2D eigenvalue weighted by Crippen LogP contribution is -2.39. The van der Waals surface area contributed by atoms with Gasteiger partial charge in [-0.3, -0.25) is 13.3 Å². The summed E-state index contributed by atoms with van der Waals surface area (Å²) in [6, 6.07) is 4.37. The van der Waals surface area contributed by atoms with Gasteiger partial charge < -0.3 is 9.29 Å². The summed E-state index contributed by atoms with van der Waals surface area (Å²) in [6.45, 7) is 0.609. The summed E-state index contributed by atoms with van der Waals surface area (Å²) in [5.74, 6) is 0. The van der Waals surface area contributed by atoms with Crippen LogP contribution in [0.3, 0.4) is 0 Å². The SMILES string of the molecule is O=COCCC1=CCCCC1N(c1ccc(Cl)cc1Cl)S(=O)[O-]. The highest BCUT2D eigenvalue weighted by molar-refractivity contribution is 7.80. The van der Waals surface area contributed by atoms with Crippen LogP contribution >= 0.6 is 23.2 Å². The third kappa shape index (κ3) is 4.70. The number of rotatable bonds is 7. The lowest BCUT2D eigenvalue weighted by molar-refractivity contribution is -0.128. The van der Waals surface area contributed by atoms with Crippen LogP contribution in [0.4, 0.5) is 5.69 Å². The van der Waals surface area contributed by atoms with Crippen molar-refractivity contribution in [3.63, 3.8) is 0 Å². The fourth-order valence-electron chi connectivity index (χ4n) is 2.69. The fourth-order valence-corrected chi connectivity index (χ4v) is 4.01. The van der Waals surface area contributed by atoms with Crippen LogP contribution < -0.4 is 4.31 Å². The van der Waals surface area contributed by atoms with Gasteiger partial charge in [-0.15, -0.1) is 0 Å². The third-order valence-corrected chi connectivity index (χ3v) is 4.99. The van der Waals surface area contributed by atoms with Crippen molar-refractivity contribution in [3.8, 4) is 0 Å². The molecule has 0 bridgehead atoms. The second kappa shape index (κ2) is 8.68. The van der Waals surface area contributed by atoms with Gasteiger partial charge >= 0.3 is 0 Å². The van der Waals surface area contributed by atoms with Gasteiger partial charge in [0.15, 0.2) is 0 Å². The highest BCUT2D eigenvalue weighted by atomic mass is 35.5. The Bertz CT molecular complexity index is 623. The highest BCUT2D eigenvalue weighted by Crippen LogP contribution is 2.35. The molecule has 0 fully saturated rings. The van der Waals surface area contributed by atoms with Crippen molar-refractivity contribution in [3.05, 3.63) is 39.9 Å². The summed E-state index contributed by atoms with van der Waals surface area (Å²) >= 11 is 9.56. The van der Waals surface area contributed by atoms with Gasteiger partial charge in [-0.25, -0.2) is 0 Å². The number of carbonyl (C=O) groups is 1. The van der Waals surface area contributed by atoms with Crippen molar-refractivity contribution >= 4 is 46.6 Å². The molecular weight excluding hydrogens is 361 g/mol. The van der Waals surface area contributed by atoms with Gasteiger partial charge in [-0.2, -0.15) is 0 Å². The zero-order valence-electron chi connectivity index (χ0n) is 12.2. The predicted molar refractivity (Wildman–Crippen MR) is 90.2 cm³/mol. The first-order valence-corrected chi connectivity index (χ1v) is 8.91. The number of carbonyl (C=O) groups excluding carboxylic acids is 1. The standard InChI is InChI=1S/C15H17Cl2NO4S/c16-12-5-6-15(13(17)9-12)18(23(20)21)14-4-2-1-3-11(14)7-8-22-10-19/h3,5-6,9-10,14H,1-2,4,7-8H2,(H,20,21)/p-1. The molecule has 0 saturated carbocycles. The first kappa shape index (κ1) is 18.3. The van der Waals surface area contributed by atoms with E-state index in [1.54, 1.807) is 12.1 Å². The van der Waals surface area contributed by atoms with Gasteiger partial charge in [-0.1, -0.05) is 29.3 Å². The predicted octanol–water partition coefficient (Wildman–Crippen LogP) is 3.64. The third-order valence-electron chi connectivity index (χ3n) is 3.68. The molecule has 8 heteroatoms. The molecule has 5 nitrogen and oxygen atoms in total. The van der Waals surface area contributed by atoms with Crippen LogP contribution in [-0.4, -0.2) is 27.9 Å². The molecule has 0 aromatic heterocycles. The Kier molecular flexibility index (Phi) is 6.89. The van der Waals surface area contributed by atoms with E-state index in [1.165, 1.54) is 10.4 Å². The normalized spacial score (nSPS) is 18.9. The topological polar surface area (TPSA) is 69.7 Å². The quantitative estimate of drug-likeness (QED) is 0.315. The van der Waals surface area contributed by atoms with Gasteiger partial charge in [0.25, 0.3) is 6.47 Å². The van der Waals surface area contributed by atoms with E-state index in [9.17, 15) is 13.6 Å². The second-order valence-electron chi connectivity index (χ2n) is 5.08. The minimum atomic E-state index is -2.49. The number of hydrogen-bond acceptors (Lipinski definition) is 4. The van der Waals surface area contributed by atoms with E-state index in [2.05, 4.69) is 0 Å². The number of benzene rings is 1. The Balaban J connectivity index is 2.31. The summed E-state index contributed by atoms with van der Waals surface area (Å²) in [7, 11) is 0. The molecule has 2 unspecified atom stereocenters. The van der Waals surface area contributed by atoms with E-state index in [0.717, 1.165) is 18.4 Å². The number of halogens is 2. The summed E-state index contributed by atoms with van der Waals surface area (Å²) in [6.07, 6.45) is 4.93. The van der Waals surface area contributed by atoms with Gasteiger partial charge in [0.1, 0.15) is 0 Å². The number of nitrogens with zero attached hydrogens (tertiary/aromatic N) is 1. The summed E-state index contributed by atoms with van der Waals surface area (Å²) in [5, 5.41) is 0.713. The molecule has 1 aromatic carbocycles. The molecule has 126 valence electrons. The molecule has 23 heavy (non-hydrogen) atoms. The number of ether oxygens (including phenoxy) is 1. The van der Waals surface area contributed by atoms with Crippen LogP contribution in [0, 0.1) is 0 Å². The van der Waals surface area contributed by atoms with E-state index in [1.807, 2.05) is 6.08 Å². The molecule has 0 amide bonds. The molecule has 0 radical (unpaired) electrons. The number of anilines is 1. The maximum Gasteiger partial charge on any atom is 0.293 e. The average molecular weight is 377 g/mol. The molecule has 0 saturated heterocycles. The number of hydrogen-bond donors (Lipinski definition) is 0. The van der Waals surface area contributed by atoms with Crippen molar-refractivity contribution in [2.45, 2.75) is 31.7 Å². The Morgan fingerprint density at radius 2 is 2.22 bits per heavy atom. The van der Waals surface area contributed by atoms with Crippen LogP contribution in [0.15, 0.2) is 29.8 Å². The Hall–Kier alpha value is -1.08. The summed E-state index contributed by atoms with van der Waals surface area (Å²) in [4.78, 5) is 10.3. The summed E-state index contributed by atoms with van der Waals surface area (Å²) < 4.78 is 29.7. The van der Waals surface area contributed by atoms with E-state index in [-0.39, 0.29) is 17.7 Å². The van der Waals surface area contributed by atoms with Crippen molar-refractivity contribution in [1.82, 2.24) is 0 Å². The van der Waals surface area contributed by atoms with Crippen LogP contribution in [0.1, 0.15) is 25.7 Å². The molecular formula is C15H16Cl2NO4S-. The van der Waals surface area contributed by atoms with E-state index in [4.69, 9.17) is 27.9 Å².